The molecule has 0 aliphatic carbocycles. The highest BCUT2D eigenvalue weighted by atomic mass is 16.5. The molecule has 0 aliphatic heterocycles. The fourth-order valence-corrected chi connectivity index (χ4v) is 1.84. The number of furan rings is 1. The van der Waals surface area contributed by atoms with Gasteiger partial charge in [0, 0.05) is 11.6 Å². The van der Waals surface area contributed by atoms with Gasteiger partial charge in [0.2, 0.25) is 0 Å². The number of hydrogen-bond donors (Lipinski definition) is 1. The fourth-order valence-electron chi connectivity index (χ4n) is 1.84. The number of benzene rings is 1. The summed E-state index contributed by atoms with van der Waals surface area (Å²) in [6.45, 7) is 0.390. The quantitative estimate of drug-likeness (QED) is 0.715. The van der Waals surface area contributed by atoms with Gasteiger partial charge < -0.3 is 14.9 Å². The van der Waals surface area contributed by atoms with Crippen LogP contribution in [0.1, 0.15) is 5.76 Å². The summed E-state index contributed by atoms with van der Waals surface area (Å²) in [7, 11) is 0. The Morgan fingerprint density at radius 2 is 2.11 bits per heavy atom. The largest absolute Gasteiger partial charge is 0.485 e. The minimum absolute atomic E-state index is 0.390. The Balaban J connectivity index is 1.94. The molecular weight excluding hydrogens is 228 g/mol. The summed E-state index contributed by atoms with van der Waals surface area (Å²) >= 11 is 0. The zero-order valence-electron chi connectivity index (χ0n) is 9.67. The first-order valence-electron chi connectivity index (χ1n) is 5.63. The summed E-state index contributed by atoms with van der Waals surface area (Å²) in [6, 6.07) is 11.2. The van der Waals surface area contributed by atoms with Crippen LogP contribution >= 0.6 is 0 Å². The van der Waals surface area contributed by atoms with Crippen molar-refractivity contribution < 1.29 is 9.15 Å². The zero-order chi connectivity index (χ0) is 12.4. The van der Waals surface area contributed by atoms with Crippen LogP contribution in [0.5, 0.6) is 5.75 Å². The molecule has 0 atom stereocenters. The minimum Gasteiger partial charge on any atom is -0.485 e. The highest BCUT2D eigenvalue weighted by Crippen LogP contribution is 2.28. The SMILES string of the molecule is Nc1ccc(OCc2ccco2)c2cccnc12. The van der Waals surface area contributed by atoms with Gasteiger partial charge in [-0.15, -0.1) is 0 Å². The molecule has 0 amide bonds. The average molecular weight is 240 g/mol. The molecule has 0 radical (unpaired) electrons. The van der Waals surface area contributed by atoms with E-state index in [1.807, 2.05) is 30.3 Å². The third-order valence-electron chi connectivity index (χ3n) is 2.71. The van der Waals surface area contributed by atoms with Gasteiger partial charge in [0.1, 0.15) is 18.1 Å². The fraction of sp³-hybridized carbons (Fsp3) is 0.0714. The first-order valence-corrected chi connectivity index (χ1v) is 5.63. The number of nitrogens with two attached hydrogens (primary N) is 1. The highest BCUT2D eigenvalue weighted by molar-refractivity contribution is 5.93. The first-order chi connectivity index (χ1) is 8.84. The average Bonchev–Trinajstić information content (AvgIpc) is 2.92. The number of ether oxygens (including phenoxy) is 1. The lowest BCUT2D eigenvalue weighted by molar-refractivity contribution is 0.273. The van der Waals surface area contributed by atoms with Crippen molar-refractivity contribution in [2.45, 2.75) is 6.61 Å². The molecule has 4 nitrogen and oxygen atoms in total. The Morgan fingerprint density at radius 1 is 1.17 bits per heavy atom. The summed E-state index contributed by atoms with van der Waals surface area (Å²) in [5, 5.41) is 0.907. The molecule has 3 rings (SSSR count). The van der Waals surface area contributed by atoms with Crippen molar-refractivity contribution in [3.8, 4) is 5.75 Å². The second-order valence-corrected chi connectivity index (χ2v) is 3.92. The van der Waals surface area contributed by atoms with Crippen LogP contribution < -0.4 is 10.5 Å². The van der Waals surface area contributed by atoms with E-state index >= 15 is 0 Å². The number of rotatable bonds is 3. The van der Waals surface area contributed by atoms with E-state index in [0.29, 0.717) is 12.3 Å². The van der Waals surface area contributed by atoms with Crippen LogP contribution in [0.25, 0.3) is 10.9 Å². The van der Waals surface area contributed by atoms with Crippen LogP contribution in [0.15, 0.2) is 53.3 Å². The van der Waals surface area contributed by atoms with Crippen molar-refractivity contribution in [3.63, 3.8) is 0 Å². The number of hydrogen-bond acceptors (Lipinski definition) is 4. The molecule has 18 heavy (non-hydrogen) atoms. The molecule has 0 saturated carbocycles. The maximum absolute atomic E-state index is 5.88. The van der Waals surface area contributed by atoms with E-state index in [2.05, 4.69) is 4.98 Å². The van der Waals surface area contributed by atoms with Crippen LogP contribution in [0, 0.1) is 0 Å². The van der Waals surface area contributed by atoms with Gasteiger partial charge in [-0.25, -0.2) is 0 Å². The van der Waals surface area contributed by atoms with Crippen LogP contribution in [0.2, 0.25) is 0 Å². The van der Waals surface area contributed by atoms with Crippen molar-refractivity contribution in [3.05, 3.63) is 54.6 Å². The molecule has 0 bridgehead atoms. The predicted molar refractivity (Wildman–Crippen MR) is 69.2 cm³/mol. The number of nitrogens with zero attached hydrogens (tertiary/aromatic N) is 1. The highest BCUT2D eigenvalue weighted by Gasteiger charge is 2.06. The molecule has 2 aromatic heterocycles. The van der Waals surface area contributed by atoms with Gasteiger partial charge in [0.15, 0.2) is 0 Å². The van der Waals surface area contributed by atoms with Gasteiger partial charge in [-0.1, -0.05) is 0 Å². The molecule has 0 fully saturated rings. The number of pyridine rings is 1. The number of nitrogen functional groups attached to an aromatic ring is 1. The monoisotopic (exact) mass is 240 g/mol. The molecule has 1 aromatic carbocycles. The van der Waals surface area contributed by atoms with E-state index in [9.17, 15) is 0 Å². The summed E-state index contributed by atoms with van der Waals surface area (Å²) in [4.78, 5) is 4.26. The summed E-state index contributed by atoms with van der Waals surface area (Å²) in [5.74, 6) is 1.53. The van der Waals surface area contributed by atoms with Gasteiger partial charge in [-0.2, -0.15) is 0 Å². The zero-order valence-corrected chi connectivity index (χ0v) is 9.67. The van der Waals surface area contributed by atoms with Gasteiger partial charge >= 0.3 is 0 Å². The molecule has 0 aliphatic rings. The topological polar surface area (TPSA) is 61.3 Å². The second kappa shape index (κ2) is 4.41. The molecule has 90 valence electrons. The second-order valence-electron chi connectivity index (χ2n) is 3.92. The maximum Gasteiger partial charge on any atom is 0.146 e. The van der Waals surface area contributed by atoms with E-state index < -0.39 is 0 Å². The van der Waals surface area contributed by atoms with Gasteiger partial charge in [-0.05, 0) is 36.4 Å². The Labute approximate surface area is 104 Å². The Kier molecular flexibility index (Phi) is 2.61. The van der Waals surface area contributed by atoms with Crippen LogP contribution in [-0.2, 0) is 6.61 Å². The summed E-state index contributed by atoms with van der Waals surface area (Å²) in [6.07, 6.45) is 3.34. The van der Waals surface area contributed by atoms with E-state index in [0.717, 1.165) is 22.4 Å². The maximum atomic E-state index is 5.88. The lowest BCUT2D eigenvalue weighted by atomic mass is 10.2. The lowest BCUT2D eigenvalue weighted by Gasteiger charge is -2.09. The predicted octanol–water partition coefficient (Wildman–Crippen LogP) is 2.99. The van der Waals surface area contributed by atoms with E-state index in [1.54, 1.807) is 18.5 Å². The molecule has 0 spiro atoms. The number of aromatic nitrogens is 1. The molecular formula is C14H12N2O2. The molecule has 0 saturated heterocycles. The molecule has 2 N–H and O–H groups in total. The van der Waals surface area contributed by atoms with Crippen molar-refractivity contribution in [1.82, 2.24) is 4.98 Å². The van der Waals surface area contributed by atoms with Crippen LogP contribution in [0.3, 0.4) is 0 Å². The van der Waals surface area contributed by atoms with Gasteiger partial charge in [0.25, 0.3) is 0 Å². The Morgan fingerprint density at radius 3 is 2.94 bits per heavy atom. The van der Waals surface area contributed by atoms with E-state index in [-0.39, 0.29) is 0 Å². The Bertz CT molecular complexity index is 663. The van der Waals surface area contributed by atoms with Crippen molar-refractivity contribution >= 4 is 16.6 Å². The molecule has 0 unspecified atom stereocenters. The van der Waals surface area contributed by atoms with Crippen LogP contribution in [-0.4, -0.2) is 4.98 Å². The summed E-state index contributed by atoms with van der Waals surface area (Å²) < 4.78 is 11.0. The smallest absolute Gasteiger partial charge is 0.146 e. The van der Waals surface area contributed by atoms with Gasteiger partial charge in [0.05, 0.1) is 17.5 Å². The first kappa shape index (κ1) is 10.7. The molecule has 4 heteroatoms. The van der Waals surface area contributed by atoms with Crippen molar-refractivity contribution in [1.29, 1.82) is 0 Å². The molecule has 2 heterocycles. The number of fused-ring (bicyclic) bond motifs is 1. The number of anilines is 1. The normalized spacial score (nSPS) is 10.7. The third-order valence-corrected chi connectivity index (χ3v) is 2.71. The Hall–Kier alpha value is -2.49. The standard InChI is InChI=1S/C14H12N2O2/c15-12-5-6-13(11-4-1-7-16-14(11)12)18-9-10-3-2-8-17-10/h1-8H,9,15H2. The lowest BCUT2D eigenvalue weighted by Crippen LogP contribution is -1.96. The van der Waals surface area contributed by atoms with E-state index in [4.69, 9.17) is 14.9 Å². The van der Waals surface area contributed by atoms with Crippen molar-refractivity contribution in [2.24, 2.45) is 0 Å². The van der Waals surface area contributed by atoms with Crippen LogP contribution in [0.4, 0.5) is 5.69 Å². The van der Waals surface area contributed by atoms with Gasteiger partial charge in [-0.3, -0.25) is 4.98 Å². The van der Waals surface area contributed by atoms with E-state index in [1.165, 1.54) is 0 Å². The molecule has 3 aromatic rings. The summed E-state index contributed by atoms with van der Waals surface area (Å²) in [5.41, 5.74) is 7.29. The minimum atomic E-state index is 0.390. The van der Waals surface area contributed by atoms with Crippen molar-refractivity contribution in [2.75, 3.05) is 5.73 Å². The third kappa shape index (κ3) is 1.88.